The lowest BCUT2D eigenvalue weighted by atomic mass is 10.1. The highest BCUT2D eigenvalue weighted by Crippen LogP contribution is 2.25. The van der Waals surface area contributed by atoms with E-state index in [2.05, 4.69) is 15.3 Å². The summed E-state index contributed by atoms with van der Waals surface area (Å²) in [4.78, 5) is 21.2. The number of nitrogens with one attached hydrogen (secondary N) is 1. The molecule has 0 fully saturated rings. The molecule has 0 atom stereocenters. The van der Waals surface area contributed by atoms with Gasteiger partial charge in [-0.1, -0.05) is 12.1 Å². The Morgan fingerprint density at radius 3 is 2.26 bits per heavy atom. The Morgan fingerprint density at radius 2 is 1.52 bits per heavy atom. The number of hydrogen-bond acceptors (Lipinski definition) is 5. The number of rotatable bonds is 2. The Labute approximate surface area is 131 Å². The van der Waals surface area contributed by atoms with Crippen LogP contribution >= 0.6 is 0 Å². The number of para-hydroxylation sites is 2. The zero-order chi connectivity index (χ0) is 16.0. The lowest BCUT2D eigenvalue weighted by molar-refractivity contribution is 0.102. The molecule has 2 aromatic carbocycles. The van der Waals surface area contributed by atoms with Crippen molar-refractivity contribution >= 4 is 33.8 Å². The summed E-state index contributed by atoms with van der Waals surface area (Å²) in [6, 6.07) is 10.7. The van der Waals surface area contributed by atoms with Gasteiger partial charge in [0.25, 0.3) is 5.91 Å². The van der Waals surface area contributed by atoms with E-state index in [1.807, 2.05) is 12.1 Å². The van der Waals surface area contributed by atoms with Crippen LogP contribution in [0, 0.1) is 13.8 Å². The Morgan fingerprint density at radius 1 is 0.913 bits per heavy atom. The number of benzene rings is 2. The van der Waals surface area contributed by atoms with Crippen molar-refractivity contribution in [1.29, 1.82) is 0 Å². The molecule has 0 aliphatic rings. The molecule has 6 heteroatoms. The molecule has 0 unspecified atom stereocenters. The van der Waals surface area contributed by atoms with Gasteiger partial charge < -0.3 is 14.2 Å². The normalized spacial score (nSPS) is 11.2. The first kappa shape index (κ1) is 13.5. The van der Waals surface area contributed by atoms with Crippen LogP contribution in [-0.4, -0.2) is 15.9 Å². The quantitative estimate of drug-likeness (QED) is 0.608. The van der Waals surface area contributed by atoms with E-state index < -0.39 is 0 Å². The fourth-order valence-electron chi connectivity index (χ4n) is 2.59. The molecular formula is C17H13N3O3. The Balaban J connectivity index is 1.76. The second kappa shape index (κ2) is 4.95. The topological polar surface area (TPSA) is 81.2 Å². The molecule has 0 radical (unpaired) electrons. The van der Waals surface area contributed by atoms with E-state index >= 15 is 0 Å². The summed E-state index contributed by atoms with van der Waals surface area (Å²) in [6.07, 6.45) is 0. The number of fused-ring (bicyclic) bond motifs is 2. The molecule has 2 heterocycles. The summed E-state index contributed by atoms with van der Waals surface area (Å²) < 4.78 is 10.9. The molecule has 1 amide bonds. The Bertz CT molecular complexity index is 1050. The number of carbonyl (C=O) groups excluding carboxylic acids is 1. The minimum atomic E-state index is -0.267. The fraction of sp³-hybridized carbons (Fsp3) is 0.118. The average molecular weight is 307 g/mol. The molecule has 0 saturated heterocycles. The predicted molar refractivity (Wildman–Crippen MR) is 85.4 cm³/mol. The van der Waals surface area contributed by atoms with Gasteiger partial charge in [0.1, 0.15) is 11.0 Å². The van der Waals surface area contributed by atoms with Gasteiger partial charge in [-0.05, 0) is 24.3 Å². The number of aromatic nitrogens is 2. The minimum Gasteiger partial charge on any atom is -0.441 e. The highest BCUT2D eigenvalue weighted by molar-refractivity contribution is 6.13. The van der Waals surface area contributed by atoms with Crippen LogP contribution in [0.3, 0.4) is 0 Å². The second-order valence-electron chi connectivity index (χ2n) is 5.22. The second-order valence-corrected chi connectivity index (χ2v) is 5.22. The van der Waals surface area contributed by atoms with Crippen LogP contribution in [-0.2, 0) is 0 Å². The van der Waals surface area contributed by atoms with Crippen molar-refractivity contribution in [3.05, 3.63) is 53.7 Å². The summed E-state index contributed by atoms with van der Waals surface area (Å²) >= 11 is 0. The van der Waals surface area contributed by atoms with Crippen molar-refractivity contribution in [2.24, 2.45) is 0 Å². The monoisotopic (exact) mass is 307 g/mol. The van der Waals surface area contributed by atoms with Crippen molar-refractivity contribution in [3.8, 4) is 0 Å². The van der Waals surface area contributed by atoms with Crippen molar-refractivity contribution in [1.82, 2.24) is 9.97 Å². The van der Waals surface area contributed by atoms with E-state index in [4.69, 9.17) is 8.83 Å². The molecule has 2 aromatic heterocycles. The fourth-order valence-corrected chi connectivity index (χ4v) is 2.59. The van der Waals surface area contributed by atoms with Crippen LogP contribution in [0.25, 0.3) is 22.2 Å². The van der Waals surface area contributed by atoms with Gasteiger partial charge in [-0.25, -0.2) is 9.97 Å². The van der Waals surface area contributed by atoms with Crippen molar-refractivity contribution in [2.75, 3.05) is 5.32 Å². The SMILES string of the molecule is Cc1nc2c(NC(=O)c3cccc4oc(C)nc34)cccc2o1. The maximum Gasteiger partial charge on any atom is 0.258 e. The molecule has 0 bridgehead atoms. The van der Waals surface area contributed by atoms with Crippen molar-refractivity contribution in [3.63, 3.8) is 0 Å². The number of aryl methyl sites for hydroxylation is 2. The Hall–Kier alpha value is -3.15. The van der Waals surface area contributed by atoms with Gasteiger partial charge in [0.05, 0.1) is 11.3 Å². The maximum atomic E-state index is 12.6. The average Bonchev–Trinajstić information content (AvgIpc) is 3.08. The third kappa shape index (κ3) is 2.24. The van der Waals surface area contributed by atoms with Gasteiger partial charge in [-0.3, -0.25) is 4.79 Å². The zero-order valence-corrected chi connectivity index (χ0v) is 12.6. The van der Waals surface area contributed by atoms with E-state index in [0.717, 1.165) is 0 Å². The number of oxazole rings is 2. The van der Waals surface area contributed by atoms with Crippen LogP contribution in [0.4, 0.5) is 5.69 Å². The number of amides is 1. The molecule has 4 rings (SSSR count). The largest absolute Gasteiger partial charge is 0.441 e. The van der Waals surface area contributed by atoms with Crippen LogP contribution in [0.5, 0.6) is 0 Å². The summed E-state index contributed by atoms with van der Waals surface area (Å²) in [5, 5.41) is 2.87. The van der Waals surface area contributed by atoms with E-state index in [0.29, 0.717) is 45.2 Å². The number of hydrogen-bond donors (Lipinski definition) is 1. The zero-order valence-electron chi connectivity index (χ0n) is 12.6. The maximum absolute atomic E-state index is 12.6. The first-order valence-corrected chi connectivity index (χ1v) is 7.15. The molecule has 1 N–H and O–H groups in total. The van der Waals surface area contributed by atoms with E-state index in [9.17, 15) is 4.79 Å². The van der Waals surface area contributed by atoms with Crippen molar-refractivity contribution in [2.45, 2.75) is 13.8 Å². The molecule has 114 valence electrons. The Kier molecular flexibility index (Phi) is 2.90. The smallest absolute Gasteiger partial charge is 0.258 e. The number of carbonyl (C=O) groups is 1. The van der Waals surface area contributed by atoms with Crippen LogP contribution < -0.4 is 5.32 Å². The third-order valence-electron chi connectivity index (χ3n) is 3.54. The minimum absolute atomic E-state index is 0.267. The highest BCUT2D eigenvalue weighted by Gasteiger charge is 2.16. The molecule has 23 heavy (non-hydrogen) atoms. The molecule has 0 aliphatic heterocycles. The van der Waals surface area contributed by atoms with Crippen molar-refractivity contribution < 1.29 is 13.6 Å². The summed E-state index contributed by atoms with van der Waals surface area (Å²) in [5.74, 6) is 0.808. The summed E-state index contributed by atoms with van der Waals surface area (Å²) in [6.45, 7) is 3.52. The van der Waals surface area contributed by atoms with Gasteiger partial charge in [0.2, 0.25) is 0 Å². The van der Waals surface area contributed by atoms with Gasteiger partial charge >= 0.3 is 0 Å². The molecule has 4 aromatic rings. The van der Waals surface area contributed by atoms with E-state index in [1.165, 1.54) is 0 Å². The number of nitrogens with zero attached hydrogens (tertiary/aromatic N) is 2. The van der Waals surface area contributed by atoms with Crippen LogP contribution in [0.15, 0.2) is 45.2 Å². The van der Waals surface area contributed by atoms with E-state index in [-0.39, 0.29) is 5.91 Å². The lowest BCUT2D eigenvalue weighted by Gasteiger charge is -2.05. The third-order valence-corrected chi connectivity index (χ3v) is 3.54. The first-order valence-electron chi connectivity index (χ1n) is 7.15. The summed E-state index contributed by atoms with van der Waals surface area (Å²) in [7, 11) is 0. The van der Waals surface area contributed by atoms with Gasteiger partial charge in [-0.15, -0.1) is 0 Å². The predicted octanol–water partition coefficient (Wildman–Crippen LogP) is 3.84. The van der Waals surface area contributed by atoms with Gasteiger partial charge in [0, 0.05) is 13.8 Å². The molecular weight excluding hydrogens is 294 g/mol. The van der Waals surface area contributed by atoms with E-state index in [1.54, 1.807) is 38.1 Å². The highest BCUT2D eigenvalue weighted by atomic mass is 16.3. The standard InChI is InChI=1S/C17H13N3O3/c1-9-18-15-11(5-3-7-13(15)22-9)17(21)20-12-6-4-8-14-16(12)19-10(2)23-14/h3-8H,1-2H3,(H,20,21). The van der Waals surface area contributed by atoms with Gasteiger partial charge in [-0.2, -0.15) is 0 Å². The number of anilines is 1. The van der Waals surface area contributed by atoms with Crippen LogP contribution in [0.2, 0.25) is 0 Å². The molecule has 0 saturated carbocycles. The molecule has 0 aliphatic carbocycles. The molecule has 6 nitrogen and oxygen atoms in total. The molecule has 0 spiro atoms. The summed E-state index contributed by atoms with van der Waals surface area (Å²) in [5.41, 5.74) is 3.45. The lowest BCUT2D eigenvalue weighted by Crippen LogP contribution is -2.12. The first-order chi connectivity index (χ1) is 11.1. The van der Waals surface area contributed by atoms with Crippen LogP contribution in [0.1, 0.15) is 22.1 Å². The van der Waals surface area contributed by atoms with Gasteiger partial charge in [0.15, 0.2) is 22.9 Å².